The summed E-state index contributed by atoms with van der Waals surface area (Å²) in [7, 11) is 0. The van der Waals surface area contributed by atoms with Crippen LogP contribution in [0.1, 0.15) is 11.4 Å². The third-order valence-corrected chi connectivity index (χ3v) is 3.51. The van der Waals surface area contributed by atoms with Gasteiger partial charge in [-0.3, -0.25) is 0 Å². The van der Waals surface area contributed by atoms with Crippen molar-refractivity contribution in [3.8, 4) is 11.4 Å². The Labute approximate surface area is 113 Å². The Morgan fingerprint density at radius 3 is 2.71 bits per heavy atom. The second kappa shape index (κ2) is 5.12. The first-order valence-electron chi connectivity index (χ1n) is 5.10. The van der Waals surface area contributed by atoms with Gasteiger partial charge in [0.25, 0.3) is 0 Å². The lowest BCUT2D eigenvalue weighted by molar-refractivity contribution is 0.953. The van der Waals surface area contributed by atoms with E-state index in [-0.39, 0.29) is 0 Å². The predicted octanol–water partition coefficient (Wildman–Crippen LogP) is 3.33. The summed E-state index contributed by atoms with van der Waals surface area (Å²) >= 11 is 9.34. The van der Waals surface area contributed by atoms with Crippen molar-refractivity contribution < 1.29 is 0 Å². The molecule has 88 valence electrons. The Balaban J connectivity index is 2.52. The monoisotopic (exact) mass is 311 g/mol. The maximum atomic E-state index is 5.95. The molecule has 0 radical (unpaired) electrons. The third kappa shape index (κ3) is 2.83. The van der Waals surface area contributed by atoms with Crippen LogP contribution in [0.15, 0.2) is 28.7 Å². The van der Waals surface area contributed by atoms with Crippen LogP contribution in [0.3, 0.4) is 0 Å². The molecule has 2 aromatic rings. The Kier molecular flexibility index (Phi) is 3.76. The summed E-state index contributed by atoms with van der Waals surface area (Å²) in [5.41, 5.74) is 8.25. The topological polar surface area (TPSA) is 51.8 Å². The third-order valence-electron chi connectivity index (χ3n) is 2.29. The van der Waals surface area contributed by atoms with Gasteiger partial charge in [0.05, 0.1) is 10.7 Å². The van der Waals surface area contributed by atoms with Crippen LogP contribution in [0.25, 0.3) is 11.4 Å². The molecule has 17 heavy (non-hydrogen) atoms. The van der Waals surface area contributed by atoms with Crippen molar-refractivity contribution in [1.29, 1.82) is 0 Å². The van der Waals surface area contributed by atoms with Gasteiger partial charge in [0.1, 0.15) is 0 Å². The zero-order chi connectivity index (χ0) is 12.4. The number of hydrogen-bond acceptors (Lipinski definition) is 3. The highest BCUT2D eigenvalue weighted by Crippen LogP contribution is 2.27. The maximum absolute atomic E-state index is 5.95. The molecule has 0 saturated carbocycles. The molecule has 2 rings (SSSR count). The van der Waals surface area contributed by atoms with Gasteiger partial charge in [-0.15, -0.1) is 0 Å². The van der Waals surface area contributed by atoms with E-state index in [0.29, 0.717) is 17.4 Å². The normalized spacial score (nSPS) is 10.6. The first kappa shape index (κ1) is 12.5. The fourth-order valence-electron chi connectivity index (χ4n) is 1.50. The van der Waals surface area contributed by atoms with Gasteiger partial charge in [-0.2, -0.15) is 0 Å². The van der Waals surface area contributed by atoms with E-state index in [0.717, 1.165) is 21.4 Å². The Morgan fingerprint density at radius 1 is 1.29 bits per heavy atom. The number of nitrogens with zero attached hydrogens (tertiary/aromatic N) is 2. The highest BCUT2D eigenvalue weighted by atomic mass is 79.9. The molecule has 0 fully saturated rings. The predicted molar refractivity (Wildman–Crippen MR) is 72.8 cm³/mol. The van der Waals surface area contributed by atoms with Gasteiger partial charge in [0, 0.05) is 22.3 Å². The highest BCUT2D eigenvalue weighted by Gasteiger charge is 2.06. The van der Waals surface area contributed by atoms with Crippen molar-refractivity contribution in [2.75, 3.05) is 0 Å². The van der Waals surface area contributed by atoms with Gasteiger partial charge in [0.2, 0.25) is 0 Å². The molecule has 0 amide bonds. The Hall–Kier alpha value is -0.970. The number of aryl methyl sites for hydroxylation is 1. The summed E-state index contributed by atoms with van der Waals surface area (Å²) < 4.78 is 0.830. The second-order valence-corrected chi connectivity index (χ2v) is 4.92. The molecule has 5 heteroatoms. The lowest BCUT2D eigenvalue weighted by atomic mass is 10.2. The Bertz CT molecular complexity index is 557. The lowest BCUT2D eigenvalue weighted by Gasteiger charge is -2.05. The molecule has 0 aliphatic carbocycles. The molecule has 0 bridgehead atoms. The number of rotatable bonds is 2. The minimum absolute atomic E-state index is 0.408. The van der Waals surface area contributed by atoms with Crippen LogP contribution in [-0.4, -0.2) is 9.97 Å². The van der Waals surface area contributed by atoms with Gasteiger partial charge in [0.15, 0.2) is 5.82 Å². The van der Waals surface area contributed by atoms with Crippen molar-refractivity contribution in [3.05, 3.63) is 45.1 Å². The van der Waals surface area contributed by atoms with E-state index in [9.17, 15) is 0 Å². The van der Waals surface area contributed by atoms with Crippen LogP contribution in [0.4, 0.5) is 0 Å². The van der Waals surface area contributed by atoms with Crippen molar-refractivity contribution >= 4 is 27.5 Å². The summed E-state index contributed by atoms with van der Waals surface area (Å²) in [6, 6.07) is 7.49. The first-order chi connectivity index (χ1) is 8.10. The van der Waals surface area contributed by atoms with Crippen LogP contribution in [-0.2, 0) is 6.54 Å². The fourth-order valence-corrected chi connectivity index (χ4v) is 2.00. The zero-order valence-corrected chi connectivity index (χ0v) is 11.6. The van der Waals surface area contributed by atoms with E-state index in [1.165, 1.54) is 0 Å². The molecule has 0 aliphatic rings. The van der Waals surface area contributed by atoms with Gasteiger partial charge in [-0.05, 0) is 47.1 Å². The van der Waals surface area contributed by atoms with E-state index in [2.05, 4.69) is 25.9 Å². The molecule has 2 N–H and O–H groups in total. The number of aromatic nitrogens is 2. The van der Waals surface area contributed by atoms with E-state index in [1.807, 2.05) is 31.2 Å². The van der Waals surface area contributed by atoms with Crippen LogP contribution in [0, 0.1) is 6.92 Å². The summed E-state index contributed by atoms with van der Waals surface area (Å²) in [4.78, 5) is 8.79. The largest absolute Gasteiger partial charge is 0.325 e. The minimum Gasteiger partial charge on any atom is -0.325 e. The van der Waals surface area contributed by atoms with Crippen LogP contribution >= 0.6 is 27.5 Å². The van der Waals surface area contributed by atoms with Crippen molar-refractivity contribution in [2.24, 2.45) is 5.73 Å². The molecule has 0 spiro atoms. The first-order valence-corrected chi connectivity index (χ1v) is 6.27. The molecule has 0 atom stereocenters. The molecule has 0 saturated heterocycles. The number of hydrogen-bond donors (Lipinski definition) is 1. The van der Waals surface area contributed by atoms with E-state index in [4.69, 9.17) is 17.3 Å². The molecule has 1 aromatic carbocycles. The Morgan fingerprint density at radius 2 is 2.06 bits per heavy atom. The number of nitrogens with two attached hydrogens (primary N) is 1. The highest BCUT2D eigenvalue weighted by molar-refractivity contribution is 9.10. The van der Waals surface area contributed by atoms with Crippen molar-refractivity contribution in [3.63, 3.8) is 0 Å². The summed E-state index contributed by atoms with van der Waals surface area (Å²) in [6.45, 7) is 2.33. The average Bonchev–Trinajstić information content (AvgIpc) is 2.32. The van der Waals surface area contributed by atoms with Crippen LogP contribution < -0.4 is 5.73 Å². The molecular weight excluding hydrogens is 302 g/mol. The van der Waals surface area contributed by atoms with Gasteiger partial charge in [-0.1, -0.05) is 11.6 Å². The summed E-state index contributed by atoms with van der Waals surface area (Å²) in [6.07, 6.45) is 0. The van der Waals surface area contributed by atoms with E-state index >= 15 is 0 Å². The molecule has 0 aliphatic heterocycles. The molecule has 1 heterocycles. The van der Waals surface area contributed by atoms with E-state index < -0.39 is 0 Å². The zero-order valence-electron chi connectivity index (χ0n) is 9.24. The van der Waals surface area contributed by atoms with Gasteiger partial charge in [-0.25, -0.2) is 9.97 Å². The minimum atomic E-state index is 0.408. The lowest BCUT2D eigenvalue weighted by Crippen LogP contribution is -2.03. The quantitative estimate of drug-likeness (QED) is 0.925. The molecular formula is C12H11BrClN3. The molecule has 1 aromatic heterocycles. The molecule has 3 nitrogen and oxygen atoms in total. The van der Waals surface area contributed by atoms with Crippen molar-refractivity contribution in [2.45, 2.75) is 13.5 Å². The SMILES string of the molecule is Cc1cc(CN)nc(-c2ccc(Cl)c(Br)c2)n1. The van der Waals surface area contributed by atoms with E-state index in [1.54, 1.807) is 0 Å². The van der Waals surface area contributed by atoms with Gasteiger partial charge >= 0.3 is 0 Å². The summed E-state index contributed by atoms with van der Waals surface area (Å²) in [5, 5.41) is 0.667. The fraction of sp³-hybridized carbons (Fsp3) is 0.167. The van der Waals surface area contributed by atoms with Crippen LogP contribution in [0.2, 0.25) is 5.02 Å². The van der Waals surface area contributed by atoms with Crippen molar-refractivity contribution in [1.82, 2.24) is 9.97 Å². The number of halogens is 2. The maximum Gasteiger partial charge on any atom is 0.159 e. The second-order valence-electron chi connectivity index (χ2n) is 3.66. The average molecular weight is 313 g/mol. The standard InChI is InChI=1S/C12H11BrClN3/c1-7-4-9(6-15)17-12(16-7)8-2-3-11(14)10(13)5-8/h2-5H,6,15H2,1H3. The van der Waals surface area contributed by atoms with Crippen LogP contribution in [0.5, 0.6) is 0 Å². The molecule has 0 unspecified atom stereocenters. The smallest absolute Gasteiger partial charge is 0.159 e. The summed E-state index contributed by atoms with van der Waals surface area (Å²) in [5.74, 6) is 0.669. The van der Waals surface area contributed by atoms with Gasteiger partial charge < -0.3 is 5.73 Å². The number of benzene rings is 1.